The smallest absolute Gasteiger partial charge is 0.141 e. The van der Waals surface area contributed by atoms with Gasteiger partial charge in [0.2, 0.25) is 0 Å². The summed E-state index contributed by atoms with van der Waals surface area (Å²) in [5, 5.41) is 3.43. The van der Waals surface area contributed by atoms with Crippen LogP contribution in [0.1, 0.15) is 39.0 Å². The van der Waals surface area contributed by atoms with Crippen molar-refractivity contribution in [1.29, 1.82) is 0 Å². The Bertz CT molecular complexity index is 323. The molecule has 1 aliphatic rings. The van der Waals surface area contributed by atoms with E-state index < -0.39 is 0 Å². The molecule has 1 fully saturated rings. The van der Waals surface area contributed by atoms with Gasteiger partial charge in [0.15, 0.2) is 0 Å². The first-order chi connectivity index (χ1) is 7.79. The Balaban J connectivity index is 1.99. The van der Waals surface area contributed by atoms with Gasteiger partial charge in [-0.1, -0.05) is 26.2 Å². The lowest BCUT2D eigenvalue weighted by Crippen LogP contribution is -2.32. The van der Waals surface area contributed by atoms with Gasteiger partial charge in [-0.25, -0.2) is 9.37 Å². The number of nitrogens with zero attached hydrogens (tertiary/aromatic N) is 1. The first-order valence-electron chi connectivity index (χ1n) is 6.17. The number of nitrogens with one attached hydrogen (secondary N) is 1. The first-order valence-corrected chi connectivity index (χ1v) is 6.17. The Labute approximate surface area is 96.3 Å². The molecule has 2 rings (SSSR count). The van der Waals surface area contributed by atoms with Crippen LogP contribution < -0.4 is 5.32 Å². The normalized spacial score (nSPS) is 25.4. The average molecular weight is 222 g/mol. The molecule has 1 aromatic rings. The van der Waals surface area contributed by atoms with E-state index in [2.05, 4.69) is 17.2 Å². The van der Waals surface area contributed by atoms with Crippen molar-refractivity contribution >= 4 is 5.82 Å². The standard InChI is InChI=1S/C13H19FN2/c1-2-10-5-3-4-6-12(10)16-13-8-7-11(14)9-15-13/h7-10,12H,2-6H2,1H3,(H,15,16). The van der Waals surface area contributed by atoms with Gasteiger partial charge in [-0.05, 0) is 30.9 Å². The number of pyridine rings is 1. The van der Waals surface area contributed by atoms with E-state index in [0.717, 1.165) is 11.7 Å². The van der Waals surface area contributed by atoms with Gasteiger partial charge in [0, 0.05) is 6.04 Å². The van der Waals surface area contributed by atoms with Gasteiger partial charge in [0.05, 0.1) is 6.20 Å². The molecular formula is C13H19FN2. The number of rotatable bonds is 3. The van der Waals surface area contributed by atoms with Crippen molar-refractivity contribution in [3.8, 4) is 0 Å². The average Bonchev–Trinajstić information content (AvgIpc) is 2.33. The molecule has 1 N–H and O–H groups in total. The van der Waals surface area contributed by atoms with Gasteiger partial charge in [-0.15, -0.1) is 0 Å². The maximum absolute atomic E-state index is 12.7. The Hall–Kier alpha value is -1.12. The van der Waals surface area contributed by atoms with E-state index in [1.165, 1.54) is 44.4 Å². The van der Waals surface area contributed by atoms with E-state index in [-0.39, 0.29) is 5.82 Å². The highest BCUT2D eigenvalue weighted by Gasteiger charge is 2.23. The SMILES string of the molecule is CCC1CCCCC1Nc1ccc(F)cn1. The van der Waals surface area contributed by atoms with Crippen LogP contribution in [0.15, 0.2) is 18.3 Å². The van der Waals surface area contributed by atoms with E-state index in [1.54, 1.807) is 6.07 Å². The van der Waals surface area contributed by atoms with E-state index in [4.69, 9.17) is 0 Å². The molecule has 1 aromatic heterocycles. The number of anilines is 1. The lowest BCUT2D eigenvalue weighted by Gasteiger charge is -2.31. The molecule has 0 bridgehead atoms. The maximum atomic E-state index is 12.7. The van der Waals surface area contributed by atoms with Crippen LogP contribution in [0.4, 0.5) is 10.2 Å². The second kappa shape index (κ2) is 5.28. The molecule has 1 heterocycles. The molecule has 3 heteroatoms. The minimum absolute atomic E-state index is 0.277. The Morgan fingerprint density at radius 2 is 2.19 bits per heavy atom. The summed E-state index contributed by atoms with van der Waals surface area (Å²) in [6, 6.07) is 3.69. The fraction of sp³-hybridized carbons (Fsp3) is 0.615. The molecule has 2 nitrogen and oxygen atoms in total. The summed E-state index contributed by atoms with van der Waals surface area (Å²) in [6.45, 7) is 2.24. The summed E-state index contributed by atoms with van der Waals surface area (Å²) in [5.74, 6) is 1.26. The molecule has 1 aliphatic carbocycles. The van der Waals surface area contributed by atoms with Crippen molar-refractivity contribution < 1.29 is 4.39 Å². The molecule has 2 unspecified atom stereocenters. The summed E-state index contributed by atoms with van der Waals surface area (Å²) in [6.07, 6.45) is 7.61. The predicted octanol–water partition coefficient (Wildman–Crippen LogP) is 3.60. The van der Waals surface area contributed by atoms with E-state index in [1.807, 2.05) is 0 Å². The molecular weight excluding hydrogens is 203 g/mol. The van der Waals surface area contributed by atoms with Gasteiger partial charge in [-0.3, -0.25) is 0 Å². The summed E-state index contributed by atoms with van der Waals surface area (Å²) < 4.78 is 12.7. The molecule has 0 spiro atoms. The lowest BCUT2D eigenvalue weighted by atomic mass is 9.83. The van der Waals surface area contributed by atoms with Crippen LogP contribution >= 0.6 is 0 Å². The zero-order chi connectivity index (χ0) is 11.4. The van der Waals surface area contributed by atoms with E-state index in [0.29, 0.717) is 6.04 Å². The molecule has 88 valence electrons. The molecule has 0 aromatic carbocycles. The van der Waals surface area contributed by atoms with E-state index >= 15 is 0 Å². The van der Waals surface area contributed by atoms with Gasteiger partial charge in [0.1, 0.15) is 11.6 Å². The maximum Gasteiger partial charge on any atom is 0.141 e. The summed E-state index contributed by atoms with van der Waals surface area (Å²) in [4.78, 5) is 4.06. The quantitative estimate of drug-likeness (QED) is 0.845. The molecule has 0 radical (unpaired) electrons. The Kier molecular flexibility index (Phi) is 3.75. The van der Waals surface area contributed by atoms with Crippen molar-refractivity contribution in [3.63, 3.8) is 0 Å². The Morgan fingerprint density at radius 1 is 1.38 bits per heavy atom. The highest BCUT2D eigenvalue weighted by Crippen LogP contribution is 2.28. The third-order valence-corrected chi connectivity index (χ3v) is 3.49. The number of halogens is 1. The van der Waals surface area contributed by atoms with Crippen molar-refractivity contribution in [2.45, 2.75) is 45.1 Å². The highest BCUT2D eigenvalue weighted by atomic mass is 19.1. The lowest BCUT2D eigenvalue weighted by molar-refractivity contribution is 0.317. The second-order valence-electron chi connectivity index (χ2n) is 4.57. The van der Waals surface area contributed by atoms with Crippen molar-refractivity contribution in [2.75, 3.05) is 5.32 Å². The van der Waals surface area contributed by atoms with Crippen LogP contribution in [-0.2, 0) is 0 Å². The Morgan fingerprint density at radius 3 is 2.88 bits per heavy atom. The van der Waals surface area contributed by atoms with Gasteiger partial charge in [0.25, 0.3) is 0 Å². The topological polar surface area (TPSA) is 24.9 Å². The zero-order valence-corrected chi connectivity index (χ0v) is 9.75. The van der Waals surface area contributed by atoms with Crippen LogP contribution in [0.2, 0.25) is 0 Å². The zero-order valence-electron chi connectivity index (χ0n) is 9.75. The molecule has 0 saturated heterocycles. The van der Waals surface area contributed by atoms with E-state index in [9.17, 15) is 4.39 Å². The molecule has 0 aliphatic heterocycles. The van der Waals surface area contributed by atoms with Crippen LogP contribution in [0.25, 0.3) is 0 Å². The third-order valence-electron chi connectivity index (χ3n) is 3.49. The van der Waals surface area contributed by atoms with Gasteiger partial charge < -0.3 is 5.32 Å². The molecule has 1 saturated carbocycles. The molecule has 2 atom stereocenters. The predicted molar refractivity (Wildman–Crippen MR) is 63.9 cm³/mol. The molecule has 0 amide bonds. The van der Waals surface area contributed by atoms with Crippen molar-refractivity contribution in [2.24, 2.45) is 5.92 Å². The van der Waals surface area contributed by atoms with Crippen LogP contribution in [0.3, 0.4) is 0 Å². The molecule has 16 heavy (non-hydrogen) atoms. The number of aromatic nitrogens is 1. The fourth-order valence-corrected chi connectivity index (χ4v) is 2.54. The van der Waals surface area contributed by atoms with Crippen molar-refractivity contribution in [1.82, 2.24) is 4.98 Å². The third kappa shape index (κ3) is 2.71. The fourth-order valence-electron chi connectivity index (χ4n) is 2.54. The highest BCUT2D eigenvalue weighted by molar-refractivity contribution is 5.35. The largest absolute Gasteiger partial charge is 0.367 e. The number of hydrogen-bond donors (Lipinski definition) is 1. The van der Waals surface area contributed by atoms with Crippen LogP contribution in [-0.4, -0.2) is 11.0 Å². The summed E-state index contributed by atoms with van der Waals surface area (Å²) >= 11 is 0. The van der Waals surface area contributed by atoms with Crippen molar-refractivity contribution in [3.05, 3.63) is 24.1 Å². The van der Waals surface area contributed by atoms with Crippen LogP contribution in [0.5, 0.6) is 0 Å². The van der Waals surface area contributed by atoms with Gasteiger partial charge in [-0.2, -0.15) is 0 Å². The summed E-state index contributed by atoms with van der Waals surface area (Å²) in [7, 11) is 0. The summed E-state index contributed by atoms with van der Waals surface area (Å²) in [5.41, 5.74) is 0. The minimum atomic E-state index is -0.277. The minimum Gasteiger partial charge on any atom is -0.367 e. The van der Waals surface area contributed by atoms with Gasteiger partial charge >= 0.3 is 0 Å². The van der Waals surface area contributed by atoms with Crippen LogP contribution in [0, 0.1) is 11.7 Å². The monoisotopic (exact) mass is 222 g/mol. The first kappa shape index (κ1) is 11.4. The number of hydrogen-bond acceptors (Lipinski definition) is 2. The second-order valence-corrected chi connectivity index (χ2v) is 4.57.